The molecule has 5 nitrogen and oxygen atoms in total. The topological polar surface area (TPSA) is 53.4 Å². The fraction of sp³-hybridized carbons (Fsp3) is 0.0588. The summed E-state index contributed by atoms with van der Waals surface area (Å²) in [7, 11) is 0. The molecule has 0 amide bonds. The summed E-state index contributed by atoms with van der Waals surface area (Å²) >= 11 is 0. The minimum absolute atomic E-state index is 0.164. The van der Waals surface area contributed by atoms with Crippen LogP contribution in [0.25, 0.3) is 27.4 Å². The zero-order valence-corrected chi connectivity index (χ0v) is 21.1. The Morgan fingerprint density at radius 3 is 2.13 bits per heavy atom. The van der Waals surface area contributed by atoms with Crippen LogP contribution in [-0.4, -0.2) is 16.2 Å². The van der Waals surface area contributed by atoms with Gasteiger partial charge in [0.1, 0.15) is 30.4 Å². The van der Waals surface area contributed by atoms with Crippen molar-refractivity contribution in [3.8, 4) is 29.0 Å². The van der Waals surface area contributed by atoms with Crippen LogP contribution in [0, 0.1) is 11.8 Å². The fourth-order valence-corrected chi connectivity index (χ4v) is 4.62. The summed E-state index contributed by atoms with van der Waals surface area (Å²) in [6.07, 6.45) is 1.73. The Bertz CT molecular complexity index is 1880. The SMILES string of the molecule is O=c1c2ccccc2c(COc2ccccc2)c(C#CCOc2ccccc2)n1-c1cccc2cccnc12. The molecule has 2 heterocycles. The zero-order chi connectivity index (χ0) is 26.4. The minimum Gasteiger partial charge on any atom is -0.489 e. The predicted octanol–water partition coefficient (Wildman–Crippen LogP) is 6.55. The lowest BCUT2D eigenvalue weighted by molar-refractivity contribution is 0.306. The summed E-state index contributed by atoms with van der Waals surface area (Å²) < 4.78 is 13.7. The van der Waals surface area contributed by atoms with Crippen molar-refractivity contribution in [1.82, 2.24) is 9.55 Å². The van der Waals surface area contributed by atoms with Crippen LogP contribution in [0.3, 0.4) is 0 Å². The second kappa shape index (κ2) is 11.0. The smallest absolute Gasteiger partial charge is 0.264 e. The van der Waals surface area contributed by atoms with Crippen LogP contribution >= 0.6 is 0 Å². The number of aromatic nitrogens is 2. The van der Waals surface area contributed by atoms with Gasteiger partial charge < -0.3 is 9.47 Å². The normalized spacial score (nSPS) is 10.7. The fourth-order valence-electron chi connectivity index (χ4n) is 4.62. The first-order valence-electron chi connectivity index (χ1n) is 12.6. The minimum atomic E-state index is -0.166. The molecule has 2 aromatic heterocycles. The van der Waals surface area contributed by atoms with Gasteiger partial charge in [-0.2, -0.15) is 0 Å². The highest BCUT2D eigenvalue weighted by Crippen LogP contribution is 2.27. The Labute approximate surface area is 225 Å². The highest BCUT2D eigenvalue weighted by molar-refractivity contribution is 5.90. The van der Waals surface area contributed by atoms with Crippen LogP contribution in [0.4, 0.5) is 0 Å². The molecule has 6 aromatic rings. The molecule has 0 atom stereocenters. The third kappa shape index (κ3) is 4.96. The number of nitrogens with zero attached hydrogens (tertiary/aromatic N) is 2. The van der Waals surface area contributed by atoms with E-state index in [0.717, 1.165) is 33.4 Å². The van der Waals surface area contributed by atoms with Gasteiger partial charge >= 0.3 is 0 Å². The molecule has 0 bridgehead atoms. The van der Waals surface area contributed by atoms with Crippen molar-refractivity contribution in [2.45, 2.75) is 6.61 Å². The molecule has 0 saturated carbocycles. The van der Waals surface area contributed by atoms with Crippen LogP contribution in [0.5, 0.6) is 11.5 Å². The predicted molar refractivity (Wildman–Crippen MR) is 154 cm³/mol. The van der Waals surface area contributed by atoms with E-state index < -0.39 is 0 Å². The third-order valence-electron chi connectivity index (χ3n) is 6.43. The molecule has 6 rings (SSSR count). The van der Waals surface area contributed by atoms with E-state index in [4.69, 9.17) is 9.47 Å². The molecule has 0 unspecified atom stereocenters. The van der Waals surface area contributed by atoms with E-state index in [9.17, 15) is 4.79 Å². The highest BCUT2D eigenvalue weighted by atomic mass is 16.5. The van der Waals surface area contributed by atoms with E-state index in [1.54, 1.807) is 10.8 Å². The second-order valence-corrected chi connectivity index (χ2v) is 8.87. The van der Waals surface area contributed by atoms with E-state index in [1.165, 1.54) is 0 Å². The van der Waals surface area contributed by atoms with Crippen molar-refractivity contribution in [2.75, 3.05) is 6.61 Å². The number of pyridine rings is 2. The van der Waals surface area contributed by atoms with Crippen molar-refractivity contribution in [2.24, 2.45) is 0 Å². The molecule has 0 aliphatic rings. The molecule has 0 N–H and O–H groups in total. The lowest BCUT2D eigenvalue weighted by atomic mass is 10.0. The molecule has 0 saturated heterocycles. The van der Waals surface area contributed by atoms with Gasteiger partial charge in [-0.05, 0) is 53.8 Å². The lowest BCUT2D eigenvalue weighted by Gasteiger charge is -2.18. The van der Waals surface area contributed by atoms with Gasteiger partial charge in [0.2, 0.25) is 0 Å². The van der Waals surface area contributed by atoms with Crippen LogP contribution in [0.15, 0.2) is 126 Å². The van der Waals surface area contributed by atoms with Gasteiger partial charge in [-0.25, -0.2) is 0 Å². The van der Waals surface area contributed by atoms with Gasteiger partial charge in [0.25, 0.3) is 5.56 Å². The summed E-state index contributed by atoms with van der Waals surface area (Å²) in [5.41, 5.74) is 2.58. The Kier molecular flexibility index (Phi) is 6.75. The van der Waals surface area contributed by atoms with Crippen LogP contribution in [-0.2, 0) is 6.61 Å². The van der Waals surface area contributed by atoms with Crippen LogP contribution in [0.2, 0.25) is 0 Å². The maximum absolute atomic E-state index is 14.1. The van der Waals surface area contributed by atoms with E-state index in [0.29, 0.717) is 16.8 Å². The molecule has 0 fully saturated rings. The number of hydrogen-bond acceptors (Lipinski definition) is 4. The average molecular weight is 509 g/mol. The first-order valence-corrected chi connectivity index (χ1v) is 12.6. The Balaban J connectivity index is 1.56. The van der Waals surface area contributed by atoms with Crippen molar-refractivity contribution >= 4 is 21.7 Å². The Hall–Kier alpha value is -5.34. The number of benzene rings is 4. The van der Waals surface area contributed by atoms with Crippen LogP contribution < -0.4 is 15.0 Å². The van der Waals surface area contributed by atoms with E-state index in [2.05, 4.69) is 16.8 Å². The second-order valence-electron chi connectivity index (χ2n) is 8.87. The zero-order valence-electron chi connectivity index (χ0n) is 21.1. The van der Waals surface area contributed by atoms with Gasteiger partial charge in [0.05, 0.1) is 11.2 Å². The van der Waals surface area contributed by atoms with Gasteiger partial charge in [-0.1, -0.05) is 78.7 Å². The van der Waals surface area contributed by atoms with Crippen molar-refractivity contribution in [3.05, 3.63) is 143 Å². The molecule has 0 radical (unpaired) electrons. The van der Waals surface area contributed by atoms with Crippen LogP contribution in [0.1, 0.15) is 11.3 Å². The molecule has 0 spiro atoms. The van der Waals surface area contributed by atoms with Gasteiger partial charge in [-0.3, -0.25) is 14.3 Å². The van der Waals surface area contributed by atoms with E-state index in [1.807, 2.05) is 115 Å². The summed E-state index contributed by atoms with van der Waals surface area (Å²) in [5, 5.41) is 2.32. The molecule has 39 heavy (non-hydrogen) atoms. The number of fused-ring (bicyclic) bond motifs is 2. The molecular weight excluding hydrogens is 484 g/mol. The molecule has 188 valence electrons. The number of para-hydroxylation sites is 3. The molecular formula is C34H24N2O3. The molecule has 4 aromatic carbocycles. The summed E-state index contributed by atoms with van der Waals surface area (Å²) in [6.45, 7) is 0.393. The largest absolute Gasteiger partial charge is 0.489 e. The van der Waals surface area contributed by atoms with E-state index >= 15 is 0 Å². The number of rotatable bonds is 6. The van der Waals surface area contributed by atoms with Gasteiger partial charge in [0, 0.05) is 22.5 Å². The highest BCUT2D eigenvalue weighted by Gasteiger charge is 2.19. The number of ether oxygens (including phenoxy) is 2. The molecule has 0 aliphatic carbocycles. The molecule has 5 heteroatoms. The Morgan fingerprint density at radius 1 is 0.692 bits per heavy atom. The van der Waals surface area contributed by atoms with Crippen molar-refractivity contribution in [1.29, 1.82) is 0 Å². The monoisotopic (exact) mass is 508 g/mol. The van der Waals surface area contributed by atoms with Crippen molar-refractivity contribution in [3.63, 3.8) is 0 Å². The van der Waals surface area contributed by atoms with Gasteiger partial charge in [0.15, 0.2) is 0 Å². The maximum atomic E-state index is 14.1. The summed E-state index contributed by atoms with van der Waals surface area (Å²) in [5.74, 6) is 7.86. The lowest BCUT2D eigenvalue weighted by Crippen LogP contribution is -2.24. The summed E-state index contributed by atoms with van der Waals surface area (Å²) in [6, 6.07) is 36.4. The average Bonchev–Trinajstić information content (AvgIpc) is 3.00. The first-order chi connectivity index (χ1) is 19.3. The number of hydrogen-bond donors (Lipinski definition) is 0. The summed E-state index contributed by atoms with van der Waals surface area (Å²) in [4.78, 5) is 18.7. The van der Waals surface area contributed by atoms with Gasteiger partial charge in [-0.15, -0.1) is 0 Å². The van der Waals surface area contributed by atoms with E-state index in [-0.39, 0.29) is 18.8 Å². The maximum Gasteiger partial charge on any atom is 0.264 e. The third-order valence-corrected chi connectivity index (χ3v) is 6.43. The standard InChI is InChI=1S/C34H24N2O3/c37-34-29-19-8-7-18-28(29)30(24-39-27-16-5-2-6-17-27)31(21-11-23-38-26-14-3-1-4-15-26)36(34)32-20-9-12-25-13-10-22-35-33(25)32/h1-10,12-20,22H,23-24H2. The van der Waals surface area contributed by atoms with Crippen molar-refractivity contribution < 1.29 is 9.47 Å². The first kappa shape index (κ1) is 24.0. The Morgan fingerprint density at radius 2 is 1.36 bits per heavy atom. The quantitative estimate of drug-likeness (QED) is 0.240. The molecule has 0 aliphatic heterocycles.